The minimum Gasteiger partial charge on any atom is -0.461 e. The maximum atomic E-state index is 12.0. The fourth-order valence-corrected chi connectivity index (χ4v) is 1.92. The lowest BCUT2D eigenvalue weighted by molar-refractivity contribution is -0.130. The van der Waals surface area contributed by atoms with Gasteiger partial charge in [-0.05, 0) is 17.7 Å². The van der Waals surface area contributed by atoms with Gasteiger partial charge in [-0.15, -0.1) is 0 Å². The first-order valence-electron chi connectivity index (χ1n) is 6.51. The highest BCUT2D eigenvalue weighted by atomic mass is 16.3. The van der Waals surface area contributed by atoms with E-state index in [1.807, 2.05) is 30.3 Å². The van der Waals surface area contributed by atoms with E-state index in [2.05, 4.69) is 0 Å². The second-order valence-corrected chi connectivity index (χ2v) is 4.64. The van der Waals surface area contributed by atoms with Gasteiger partial charge in [-0.25, -0.2) is 0 Å². The highest BCUT2D eigenvalue weighted by molar-refractivity contribution is 5.95. The zero-order valence-electron chi connectivity index (χ0n) is 11.4. The molecule has 1 heterocycles. The van der Waals surface area contributed by atoms with E-state index in [-0.39, 0.29) is 24.5 Å². The number of rotatable bonds is 6. The van der Waals surface area contributed by atoms with Gasteiger partial charge >= 0.3 is 0 Å². The number of hydrogen-bond acceptors (Lipinski definition) is 3. The number of nitrogens with zero attached hydrogens (tertiary/aromatic N) is 1. The fourth-order valence-electron chi connectivity index (χ4n) is 1.92. The SMILES string of the molecule is CN(Cc1ccccc1)C(=O)CCC(=O)c1ccco1. The van der Waals surface area contributed by atoms with Crippen molar-refractivity contribution in [2.24, 2.45) is 0 Å². The van der Waals surface area contributed by atoms with Gasteiger partial charge in [0.1, 0.15) is 0 Å². The van der Waals surface area contributed by atoms with Crippen LogP contribution in [0.25, 0.3) is 0 Å². The molecule has 0 aliphatic heterocycles. The number of furan rings is 1. The fraction of sp³-hybridized carbons (Fsp3) is 0.250. The third-order valence-electron chi connectivity index (χ3n) is 3.05. The summed E-state index contributed by atoms with van der Waals surface area (Å²) in [6, 6.07) is 13.0. The highest BCUT2D eigenvalue weighted by Gasteiger charge is 2.14. The van der Waals surface area contributed by atoms with Crippen LogP contribution < -0.4 is 0 Å². The summed E-state index contributed by atoms with van der Waals surface area (Å²) in [5.74, 6) is 0.119. The lowest BCUT2D eigenvalue weighted by Gasteiger charge is -2.16. The van der Waals surface area contributed by atoms with Crippen LogP contribution in [0.15, 0.2) is 53.1 Å². The summed E-state index contributed by atoms with van der Waals surface area (Å²) >= 11 is 0. The molecule has 0 atom stereocenters. The molecule has 2 rings (SSSR count). The summed E-state index contributed by atoms with van der Waals surface area (Å²) in [6.07, 6.45) is 1.82. The second kappa shape index (κ2) is 6.70. The van der Waals surface area contributed by atoms with Gasteiger partial charge in [-0.2, -0.15) is 0 Å². The summed E-state index contributed by atoms with van der Waals surface area (Å²) in [7, 11) is 1.74. The van der Waals surface area contributed by atoms with Crippen LogP contribution in [-0.4, -0.2) is 23.6 Å². The zero-order valence-corrected chi connectivity index (χ0v) is 11.4. The van der Waals surface area contributed by atoms with Gasteiger partial charge in [0.05, 0.1) is 6.26 Å². The molecule has 0 fully saturated rings. The molecule has 0 saturated heterocycles. The van der Waals surface area contributed by atoms with E-state index in [0.29, 0.717) is 12.3 Å². The molecule has 0 bridgehead atoms. The van der Waals surface area contributed by atoms with Crippen LogP contribution in [0.5, 0.6) is 0 Å². The quantitative estimate of drug-likeness (QED) is 0.759. The molecule has 104 valence electrons. The van der Waals surface area contributed by atoms with E-state index in [1.165, 1.54) is 6.26 Å². The standard InChI is InChI=1S/C16H17NO3/c1-17(12-13-6-3-2-4-7-13)16(19)10-9-14(18)15-8-5-11-20-15/h2-8,11H,9-10,12H2,1H3. The maximum absolute atomic E-state index is 12.0. The summed E-state index contributed by atoms with van der Waals surface area (Å²) in [4.78, 5) is 25.3. The average molecular weight is 271 g/mol. The van der Waals surface area contributed by atoms with E-state index < -0.39 is 0 Å². The van der Waals surface area contributed by atoms with Crippen LogP contribution >= 0.6 is 0 Å². The molecule has 1 aromatic carbocycles. The molecule has 20 heavy (non-hydrogen) atoms. The molecule has 0 N–H and O–H groups in total. The minimum atomic E-state index is -0.142. The van der Waals surface area contributed by atoms with Gasteiger partial charge in [0.2, 0.25) is 5.91 Å². The lowest BCUT2D eigenvalue weighted by atomic mass is 10.1. The van der Waals surface area contributed by atoms with Crippen LogP contribution in [0.2, 0.25) is 0 Å². The third kappa shape index (κ3) is 3.82. The van der Waals surface area contributed by atoms with E-state index in [0.717, 1.165) is 5.56 Å². The van der Waals surface area contributed by atoms with Gasteiger partial charge in [-0.1, -0.05) is 30.3 Å². The Morgan fingerprint density at radius 2 is 1.80 bits per heavy atom. The number of carbonyl (C=O) groups excluding carboxylic acids is 2. The van der Waals surface area contributed by atoms with E-state index in [4.69, 9.17) is 4.42 Å². The van der Waals surface area contributed by atoms with Crippen LogP contribution in [0.3, 0.4) is 0 Å². The Morgan fingerprint density at radius 3 is 2.45 bits per heavy atom. The maximum Gasteiger partial charge on any atom is 0.223 e. The van der Waals surface area contributed by atoms with Gasteiger partial charge < -0.3 is 9.32 Å². The predicted molar refractivity (Wildman–Crippen MR) is 75.2 cm³/mol. The Bertz CT molecular complexity index is 561. The Labute approximate surface area is 118 Å². The first-order valence-corrected chi connectivity index (χ1v) is 6.51. The van der Waals surface area contributed by atoms with Crippen molar-refractivity contribution >= 4 is 11.7 Å². The van der Waals surface area contributed by atoms with Gasteiger partial charge in [0, 0.05) is 26.4 Å². The van der Waals surface area contributed by atoms with Crippen LogP contribution in [-0.2, 0) is 11.3 Å². The Hall–Kier alpha value is -2.36. The molecule has 0 radical (unpaired) electrons. The summed E-state index contributed by atoms with van der Waals surface area (Å²) < 4.78 is 5.01. The van der Waals surface area contributed by atoms with Gasteiger partial charge in [0.15, 0.2) is 11.5 Å². The van der Waals surface area contributed by atoms with Crippen molar-refractivity contribution in [3.63, 3.8) is 0 Å². The summed E-state index contributed by atoms with van der Waals surface area (Å²) in [5, 5.41) is 0. The van der Waals surface area contributed by atoms with Crippen LogP contribution in [0, 0.1) is 0 Å². The van der Waals surface area contributed by atoms with Gasteiger partial charge in [0.25, 0.3) is 0 Å². The smallest absolute Gasteiger partial charge is 0.223 e. The zero-order chi connectivity index (χ0) is 14.4. The van der Waals surface area contributed by atoms with Crippen molar-refractivity contribution in [3.8, 4) is 0 Å². The topological polar surface area (TPSA) is 50.5 Å². The first kappa shape index (κ1) is 14.1. The number of carbonyl (C=O) groups is 2. The third-order valence-corrected chi connectivity index (χ3v) is 3.05. The van der Waals surface area contributed by atoms with Crippen molar-refractivity contribution in [3.05, 3.63) is 60.1 Å². The van der Waals surface area contributed by atoms with Gasteiger partial charge in [-0.3, -0.25) is 9.59 Å². The van der Waals surface area contributed by atoms with E-state index >= 15 is 0 Å². The molecule has 0 unspecified atom stereocenters. The van der Waals surface area contributed by atoms with Crippen molar-refractivity contribution < 1.29 is 14.0 Å². The normalized spacial score (nSPS) is 10.2. The summed E-state index contributed by atoms with van der Waals surface area (Å²) in [5.41, 5.74) is 1.07. The number of ketones is 1. The molecule has 0 aliphatic rings. The lowest BCUT2D eigenvalue weighted by Crippen LogP contribution is -2.26. The van der Waals surface area contributed by atoms with E-state index in [9.17, 15) is 9.59 Å². The van der Waals surface area contributed by atoms with Crippen molar-refractivity contribution in [2.75, 3.05) is 7.05 Å². The van der Waals surface area contributed by atoms with E-state index in [1.54, 1.807) is 24.1 Å². The highest BCUT2D eigenvalue weighted by Crippen LogP contribution is 2.09. The number of hydrogen-bond donors (Lipinski definition) is 0. The Balaban J connectivity index is 1.81. The van der Waals surface area contributed by atoms with Crippen molar-refractivity contribution in [2.45, 2.75) is 19.4 Å². The molecule has 4 heteroatoms. The van der Waals surface area contributed by atoms with Crippen molar-refractivity contribution in [1.82, 2.24) is 4.90 Å². The summed E-state index contributed by atoms with van der Waals surface area (Å²) in [6.45, 7) is 0.550. The average Bonchev–Trinajstić information content (AvgIpc) is 2.99. The molecule has 0 spiro atoms. The molecular weight excluding hydrogens is 254 g/mol. The predicted octanol–water partition coefficient (Wildman–Crippen LogP) is 2.90. The molecular formula is C16H17NO3. The Morgan fingerprint density at radius 1 is 1.05 bits per heavy atom. The number of amides is 1. The molecule has 0 saturated carbocycles. The molecule has 0 aliphatic carbocycles. The monoisotopic (exact) mass is 271 g/mol. The first-order chi connectivity index (χ1) is 9.66. The number of Topliss-reactive ketones (excluding diaryl/α,β-unsaturated/α-hetero) is 1. The molecule has 1 aromatic heterocycles. The Kier molecular flexibility index (Phi) is 4.71. The largest absolute Gasteiger partial charge is 0.461 e. The van der Waals surface area contributed by atoms with Crippen molar-refractivity contribution in [1.29, 1.82) is 0 Å². The van der Waals surface area contributed by atoms with Crippen LogP contribution in [0.4, 0.5) is 0 Å². The molecule has 1 amide bonds. The number of benzene rings is 1. The molecule has 4 nitrogen and oxygen atoms in total. The second-order valence-electron chi connectivity index (χ2n) is 4.64. The minimum absolute atomic E-state index is 0.0474. The van der Waals surface area contributed by atoms with Crippen LogP contribution in [0.1, 0.15) is 29.0 Å². The molecule has 2 aromatic rings.